The number of carbonyl (C=O) groups is 2. The van der Waals surface area contributed by atoms with E-state index in [1.807, 2.05) is 0 Å². The van der Waals surface area contributed by atoms with Crippen LogP contribution in [0.2, 0.25) is 0 Å². The molecule has 0 saturated heterocycles. The van der Waals surface area contributed by atoms with Crippen molar-refractivity contribution in [2.45, 2.75) is 32.6 Å². The zero-order valence-corrected chi connectivity index (χ0v) is 10.2. The van der Waals surface area contributed by atoms with Gasteiger partial charge in [-0.2, -0.15) is 5.10 Å². The Hall–Kier alpha value is -1.65. The largest absolute Gasteiger partial charge is 0.309 e. The Morgan fingerprint density at radius 2 is 2.24 bits per heavy atom. The Kier molecular flexibility index (Phi) is 3.00. The maximum Gasteiger partial charge on any atom is 0.232 e. The molecule has 0 spiro atoms. The molecule has 0 aromatic carbocycles. The van der Waals surface area contributed by atoms with Gasteiger partial charge in [0.05, 0.1) is 5.41 Å². The van der Waals surface area contributed by atoms with Crippen LogP contribution in [0.5, 0.6) is 0 Å². The zero-order chi connectivity index (χ0) is 12.5. The Morgan fingerprint density at radius 3 is 2.65 bits per heavy atom. The molecule has 1 aliphatic rings. The van der Waals surface area contributed by atoms with Crippen LogP contribution in [0.4, 0.5) is 5.82 Å². The smallest absolute Gasteiger partial charge is 0.232 e. The van der Waals surface area contributed by atoms with Gasteiger partial charge in [-0.1, -0.05) is 6.42 Å². The van der Waals surface area contributed by atoms with Crippen molar-refractivity contribution in [3.8, 4) is 0 Å². The van der Waals surface area contributed by atoms with Gasteiger partial charge in [0.1, 0.15) is 5.78 Å². The van der Waals surface area contributed by atoms with Crippen LogP contribution in [0.15, 0.2) is 12.3 Å². The molecule has 0 bridgehead atoms. The van der Waals surface area contributed by atoms with Crippen LogP contribution in [0, 0.1) is 5.41 Å². The third-order valence-electron chi connectivity index (χ3n) is 3.33. The third-order valence-corrected chi connectivity index (χ3v) is 3.33. The van der Waals surface area contributed by atoms with Crippen molar-refractivity contribution >= 4 is 17.5 Å². The van der Waals surface area contributed by atoms with Crippen molar-refractivity contribution in [1.29, 1.82) is 0 Å². The average molecular weight is 235 g/mol. The lowest BCUT2D eigenvalue weighted by Gasteiger charge is -2.39. The Morgan fingerprint density at radius 1 is 1.53 bits per heavy atom. The highest BCUT2D eigenvalue weighted by atomic mass is 16.2. The molecule has 92 valence electrons. The van der Waals surface area contributed by atoms with E-state index >= 15 is 0 Å². The van der Waals surface area contributed by atoms with Crippen molar-refractivity contribution in [3.05, 3.63) is 12.3 Å². The minimum atomic E-state index is -0.483. The van der Waals surface area contributed by atoms with Crippen LogP contribution in [0.1, 0.15) is 32.6 Å². The van der Waals surface area contributed by atoms with Gasteiger partial charge in [-0.05, 0) is 19.8 Å². The Bertz CT molecular complexity index is 446. The molecule has 1 amide bonds. The summed E-state index contributed by atoms with van der Waals surface area (Å²) >= 11 is 0. The van der Waals surface area contributed by atoms with Gasteiger partial charge in [0, 0.05) is 25.7 Å². The third kappa shape index (κ3) is 2.38. The van der Waals surface area contributed by atoms with Gasteiger partial charge in [0.15, 0.2) is 5.82 Å². The second kappa shape index (κ2) is 4.31. The van der Waals surface area contributed by atoms with Crippen LogP contribution in [-0.4, -0.2) is 21.5 Å². The molecule has 1 N–H and O–H groups in total. The fourth-order valence-corrected chi connectivity index (χ4v) is 2.29. The number of anilines is 1. The minimum Gasteiger partial charge on any atom is -0.309 e. The van der Waals surface area contributed by atoms with Gasteiger partial charge in [-0.3, -0.25) is 14.3 Å². The second-order valence-electron chi connectivity index (χ2n) is 4.84. The molecule has 1 fully saturated rings. The number of aryl methyl sites for hydroxylation is 1. The standard InChI is InChI=1S/C12H17N3O2/c1-9(16)8-12(5-3-6-12)11(17)13-10-4-7-15(2)14-10/h4,7H,3,5-6,8H2,1-2H3,(H,13,14,17). The van der Waals surface area contributed by atoms with Crippen molar-refractivity contribution in [2.24, 2.45) is 12.5 Å². The zero-order valence-electron chi connectivity index (χ0n) is 10.2. The van der Waals surface area contributed by atoms with Crippen molar-refractivity contribution in [1.82, 2.24) is 9.78 Å². The number of aromatic nitrogens is 2. The second-order valence-corrected chi connectivity index (χ2v) is 4.84. The van der Waals surface area contributed by atoms with Gasteiger partial charge in [0.25, 0.3) is 0 Å². The predicted octanol–water partition coefficient (Wildman–Crippen LogP) is 1.51. The van der Waals surface area contributed by atoms with Gasteiger partial charge >= 0.3 is 0 Å². The lowest BCUT2D eigenvalue weighted by molar-refractivity contribution is -0.136. The van der Waals surface area contributed by atoms with Gasteiger partial charge in [0.2, 0.25) is 5.91 Å². The SMILES string of the molecule is CC(=O)CC1(C(=O)Nc2ccn(C)n2)CCC1. The summed E-state index contributed by atoms with van der Waals surface area (Å²) in [6.07, 6.45) is 4.72. The first-order valence-corrected chi connectivity index (χ1v) is 5.82. The van der Waals surface area contributed by atoms with Crippen molar-refractivity contribution in [3.63, 3.8) is 0 Å². The summed E-state index contributed by atoms with van der Waals surface area (Å²) in [6.45, 7) is 1.54. The van der Waals surface area contributed by atoms with E-state index in [2.05, 4.69) is 10.4 Å². The van der Waals surface area contributed by atoms with E-state index in [1.165, 1.54) is 6.92 Å². The van der Waals surface area contributed by atoms with Crippen LogP contribution < -0.4 is 5.32 Å². The normalized spacial score (nSPS) is 17.3. The first-order valence-electron chi connectivity index (χ1n) is 5.82. The fourth-order valence-electron chi connectivity index (χ4n) is 2.29. The van der Waals surface area contributed by atoms with Gasteiger partial charge < -0.3 is 5.32 Å². The number of hydrogen-bond acceptors (Lipinski definition) is 3. The summed E-state index contributed by atoms with van der Waals surface area (Å²) in [4.78, 5) is 23.4. The van der Waals surface area contributed by atoms with Crippen LogP contribution in [-0.2, 0) is 16.6 Å². The van der Waals surface area contributed by atoms with E-state index < -0.39 is 5.41 Å². The lowest BCUT2D eigenvalue weighted by atomic mass is 9.65. The highest BCUT2D eigenvalue weighted by Gasteiger charge is 2.44. The molecule has 0 atom stereocenters. The van der Waals surface area contributed by atoms with E-state index in [0.717, 1.165) is 19.3 Å². The Labute approximate surface area is 100 Å². The first kappa shape index (κ1) is 11.8. The van der Waals surface area contributed by atoms with E-state index in [0.29, 0.717) is 12.2 Å². The highest BCUT2D eigenvalue weighted by molar-refractivity contribution is 5.98. The molecule has 0 unspecified atom stereocenters. The Balaban J connectivity index is 2.05. The molecule has 5 nitrogen and oxygen atoms in total. The summed E-state index contributed by atoms with van der Waals surface area (Å²) in [5.74, 6) is 0.547. The molecule has 1 heterocycles. The molecule has 2 rings (SSSR count). The molecule has 1 aromatic rings. The highest BCUT2D eigenvalue weighted by Crippen LogP contribution is 2.44. The monoisotopic (exact) mass is 235 g/mol. The topological polar surface area (TPSA) is 64.0 Å². The van der Waals surface area contributed by atoms with Crippen molar-refractivity contribution in [2.75, 3.05) is 5.32 Å². The van der Waals surface area contributed by atoms with Gasteiger partial charge in [-0.15, -0.1) is 0 Å². The molecule has 5 heteroatoms. The summed E-state index contributed by atoms with van der Waals surface area (Å²) in [5, 5.41) is 6.89. The van der Waals surface area contributed by atoms with Gasteiger partial charge in [-0.25, -0.2) is 0 Å². The number of amides is 1. The van der Waals surface area contributed by atoms with Crippen LogP contribution in [0.3, 0.4) is 0 Å². The summed E-state index contributed by atoms with van der Waals surface area (Å²) in [5.41, 5.74) is -0.483. The van der Waals surface area contributed by atoms with E-state index in [4.69, 9.17) is 0 Å². The van der Waals surface area contributed by atoms with E-state index in [-0.39, 0.29) is 11.7 Å². The number of carbonyl (C=O) groups excluding carboxylic acids is 2. The molecular formula is C12H17N3O2. The molecule has 1 saturated carbocycles. The molecule has 17 heavy (non-hydrogen) atoms. The lowest BCUT2D eigenvalue weighted by Crippen LogP contribution is -2.43. The molecule has 0 aliphatic heterocycles. The average Bonchev–Trinajstić information content (AvgIpc) is 2.57. The molecule has 1 aliphatic carbocycles. The summed E-state index contributed by atoms with van der Waals surface area (Å²) < 4.78 is 1.63. The summed E-state index contributed by atoms with van der Waals surface area (Å²) in [6, 6.07) is 1.75. The maximum absolute atomic E-state index is 12.1. The molecular weight excluding hydrogens is 218 g/mol. The number of nitrogens with zero attached hydrogens (tertiary/aromatic N) is 2. The van der Waals surface area contributed by atoms with E-state index in [9.17, 15) is 9.59 Å². The number of rotatable bonds is 4. The molecule has 0 radical (unpaired) electrons. The summed E-state index contributed by atoms with van der Waals surface area (Å²) in [7, 11) is 1.80. The number of ketones is 1. The quantitative estimate of drug-likeness (QED) is 0.860. The number of hydrogen-bond donors (Lipinski definition) is 1. The minimum absolute atomic E-state index is 0.0703. The maximum atomic E-state index is 12.1. The van der Waals surface area contributed by atoms with Crippen molar-refractivity contribution < 1.29 is 9.59 Å². The number of nitrogens with one attached hydrogen (secondary N) is 1. The van der Waals surface area contributed by atoms with E-state index in [1.54, 1.807) is 24.0 Å². The van der Waals surface area contributed by atoms with Crippen LogP contribution >= 0.6 is 0 Å². The van der Waals surface area contributed by atoms with Crippen LogP contribution in [0.25, 0.3) is 0 Å². The first-order chi connectivity index (χ1) is 8.02. The number of Topliss-reactive ketones (excluding diaryl/α,β-unsaturated/α-hetero) is 1. The fraction of sp³-hybridized carbons (Fsp3) is 0.583. The molecule has 1 aromatic heterocycles. The predicted molar refractivity (Wildman–Crippen MR) is 63.4 cm³/mol.